The third-order valence-electron chi connectivity index (χ3n) is 3.91. The molecule has 0 unspecified atom stereocenters. The maximum atomic E-state index is 13.7. The van der Waals surface area contributed by atoms with E-state index in [4.69, 9.17) is 21.1 Å². The summed E-state index contributed by atoms with van der Waals surface area (Å²) in [7, 11) is 1.50. The molecule has 29 heavy (non-hydrogen) atoms. The van der Waals surface area contributed by atoms with Gasteiger partial charge < -0.3 is 9.47 Å². The van der Waals surface area contributed by atoms with Gasteiger partial charge in [0.05, 0.1) is 18.9 Å². The van der Waals surface area contributed by atoms with E-state index in [0.29, 0.717) is 22.6 Å². The Balaban J connectivity index is 1.65. The zero-order chi connectivity index (χ0) is 20.6. The first-order chi connectivity index (χ1) is 14.1. The van der Waals surface area contributed by atoms with Crippen molar-refractivity contribution in [1.82, 2.24) is 10.4 Å². The maximum absolute atomic E-state index is 13.7. The molecule has 1 N–H and O–H groups in total. The van der Waals surface area contributed by atoms with Gasteiger partial charge in [0.2, 0.25) is 0 Å². The lowest BCUT2D eigenvalue weighted by Gasteiger charge is -2.11. The van der Waals surface area contributed by atoms with Crippen LogP contribution in [0, 0.1) is 5.82 Å². The van der Waals surface area contributed by atoms with Gasteiger partial charge in [-0.25, -0.2) is 14.8 Å². The number of nitrogens with zero attached hydrogens (tertiary/aromatic N) is 2. The molecule has 0 fully saturated rings. The molecule has 6 nitrogen and oxygen atoms in total. The van der Waals surface area contributed by atoms with E-state index in [9.17, 15) is 9.18 Å². The van der Waals surface area contributed by atoms with Gasteiger partial charge in [-0.15, -0.1) is 0 Å². The summed E-state index contributed by atoms with van der Waals surface area (Å²) in [6.07, 6.45) is 2.94. The third kappa shape index (κ3) is 5.30. The molecule has 0 atom stereocenters. The van der Waals surface area contributed by atoms with E-state index < -0.39 is 5.91 Å². The molecule has 0 aliphatic heterocycles. The monoisotopic (exact) mass is 413 g/mol. The zero-order valence-corrected chi connectivity index (χ0v) is 16.2. The van der Waals surface area contributed by atoms with Gasteiger partial charge in [-0.2, -0.15) is 5.10 Å². The lowest BCUT2D eigenvalue weighted by Crippen LogP contribution is -2.18. The molecule has 148 valence electrons. The van der Waals surface area contributed by atoms with Crippen LogP contribution in [0.25, 0.3) is 0 Å². The molecule has 3 aromatic rings. The highest BCUT2D eigenvalue weighted by atomic mass is 35.5. The van der Waals surface area contributed by atoms with Crippen LogP contribution in [0.5, 0.6) is 11.5 Å². The van der Waals surface area contributed by atoms with Crippen molar-refractivity contribution < 1.29 is 18.7 Å². The molecule has 2 aromatic carbocycles. The Bertz CT molecular complexity index is 1040. The standard InChI is InChI=1S/C21H17ClFN3O3/c1-28-19-11-14(12-25-26-21(27)16-6-4-10-24-20(16)22)8-9-18(19)29-13-15-5-2-3-7-17(15)23/h2-12H,13H2,1H3,(H,26,27)/b25-12+. The number of hydrazone groups is 1. The molecule has 1 heterocycles. The van der Waals surface area contributed by atoms with Crippen LogP contribution in [-0.4, -0.2) is 24.2 Å². The number of pyridine rings is 1. The van der Waals surface area contributed by atoms with Gasteiger partial charge in [-0.05, 0) is 42.0 Å². The number of carbonyl (C=O) groups excluding carboxylic acids is 1. The second kappa shape index (κ2) is 9.66. The highest BCUT2D eigenvalue weighted by Gasteiger charge is 2.10. The molecular weight excluding hydrogens is 397 g/mol. The number of halogens is 2. The number of rotatable bonds is 7. The average Bonchev–Trinajstić information content (AvgIpc) is 2.74. The molecule has 0 radical (unpaired) electrons. The van der Waals surface area contributed by atoms with Gasteiger partial charge >= 0.3 is 0 Å². The van der Waals surface area contributed by atoms with Gasteiger partial charge in [-0.3, -0.25) is 4.79 Å². The van der Waals surface area contributed by atoms with Crippen molar-refractivity contribution in [2.45, 2.75) is 6.61 Å². The lowest BCUT2D eigenvalue weighted by molar-refractivity contribution is 0.0955. The highest BCUT2D eigenvalue weighted by Crippen LogP contribution is 2.28. The zero-order valence-electron chi connectivity index (χ0n) is 15.4. The quantitative estimate of drug-likeness (QED) is 0.357. The van der Waals surface area contributed by atoms with Crippen LogP contribution in [0.2, 0.25) is 5.15 Å². The van der Waals surface area contributed by atoms with Crippen molar-refractivity contribution in [3.63, 3.8) is 0 Å². The predicted octanol–water partition coefficient (Wildman–Crippen LogP) is 4.23. The van der Waals surface area contributed by atoms with E-state index in [1.165, 1.54) is 25.6 Å². The number of methoxy groups -OCH3 is 1. The molecule has 1 amide bonds. The number of carbonyl (C=O) groups is 1. The Kier molecular flexibility index (Phi) is 6.76. The summed E-state index contributed by atoms with van der Waals surface area (Å²) in [5, 5.41) is 4.01. The van der Waals surface area contributed by atoms with E-state index in [1.807, 2.05) is 0 Å². The average molecular weight is 414 g/mol. The Hall–Kier alpha value is -3.45. The van der Waals surface area contributed by atoms with Crippen molar-refractivity contribution in [3.8, 4) is 11.5 Å². The first-order valence-electron chi connectivity index (χ1n) is 8.56. The molecule has 3 rings (SSSR count). The summed E-state index contributed by atoms with van der Waals surface area (Å²) in [4.78, 5) is 15.9. The topological polar surface area (TPSA) is 72.8 Å². The number of aromatic nitrogens is 1. The van der Waals surface area contributed by atoms with E-state index in [0.717, 1.165) is 0 Å². The summed E-state index contributed by atoms with van der Waals surface area (Å²) < 4.78 is 24.7. The number of ether oxygens (including phenoxy) is 2. The fraction of sp³-hybridized carbons (Fsp3) is 0.0952. The normalized spacial score (nSPS) is 10.7. The second-order valence-corrected chi connectivity index (χ2v) is 6.19. The molecule has 0 bridgehead atoms. The minimum atomic E-state index is -0.476. The summed E-state index contributed by atoms with van der Waals surface area (Å²) in [5.41, 5.74) is 3.71. The summed E-state index contributed by atoms with van der Waals surface area (Å²) in [6, 6.07) is 14.6. The summed E-state index contributed by atoms with van der Waals surface area (Å²) in [5.74, 6) is 0.0989. The number of amides is 1. The van der Waals surface area contributed by atoms with Gasteiger partial charge in [0.1, 0.15) is 17.6 Å². The molecule has 0 spiro atoms. The van der Waals surface area contributed by atoms with Crippen LogP contribution in [0.1, 0.15) is 21.5 Å². The lowest BCUT2D eigenvalue weighted by atomic mass is 10.2. The van der Waals surface area contributed by atoms with Gasteiger partial charge in [-0.1, -0.05) is 29.8 Å². The van der Waals surface area contributed by atoms with E-state index in [2.05, 4.69) is 15.5 Å². The minimum absolute atomic E-state index is 0.0679. The third-order valence-corrected chi connectivity index (χ3v) is 4.21. The Morgan fingerprint density at radius 2 is 2.03 bits per heavy atom. The molecule has 0 aliphatic carbocycles. The van der Waals surface area contributed by atoms with Crippen LogP contribution in [0.15, 0.2) is 65.9 Å². The van der Waals surface area contributed by atoms with Crippen LogP contribution in [0.3, 0.4) is 0 Å². The predicted molar refractivity (Wildman–Crippen MR) is 108 cm³/mol. The van der Waals surface area contributed by atoms with Crippen LogP contribution in [0.4, 0.5) is 4.39 Å². The molecular formula is C21H17ClFN3O3. The molecule has 1 aromatic heterocycles. The number of hydrogen-bond acceptors (Lipinski definition) is 5. The van der Waals surface area contributed by atoms with Crippen LogP contribution in [-0.2, 0) is 6.61 Å². The van der Waals surface area contributed by atoms with Crippen molar-refractivity contribution >= 4 is 23.7 Å². The van der Waals surface area contributed by atoms with E-state index in [-0.39, 0.29) is 23.1 Å². The van der Waals surface area contributed by atoms with Crippen LogP contribution >= 0.6 is 11.6 Å². The fourth-order valence-corrected chi connectivity index (χ4v) is 2.64. The van der Waals surface area contributed by atoms with Crippen molar-refractivity contribution in [1.29, 1.82) is 0 Å². The Morgan fingerprint density at radius 1 is 1.21 bits per heavy atom. The maximum Gasteiger partial charge on any atom is 0.274 e. The first kappa shape index (κ1) is 20.3. The molecule has 8 heteroatoms. The minimum Gasteiger partial charge on any atom is -0.493 e. The van der Waals surface area contributed by atoms with E-state index in [1.54, 1.807) is 48.5 Å². The number of nitrogens with one attached hydrogen (secondary N) is 1. The van der Waals surface area contributed by atoms with Crippen molar-refractivity contribution in [2.75, 3.05) is 7.11 Å². The smallest absolute Gasteiger partial charge is 0.274 e. The van der Waals surface area contributed by atoms with Gasteiger partial charge in [0.25, 0.3) is 5.91 Å². The first-order valence-corrected chi connectivity index (χ1v) is 8.94. The van der Waals surface area contributed by atoms with Crippen LogP contribution < -0.4 is 14.9 Å². The molecule has 0 saturated heterocycles. The molecule has 0 saturated carbocycles. The van der Waals surface area contributed by atoms with Gasteiger partial charge in [0.15, 0.2) is 11.5 Å². The Morgan fingerprint density at radius 3 is 2.79 bits per heavy atom. The van der Waals surface area contributed by atoms with Crippen molar-refractivity contribution in [3.05, 3.63) is 88.5 Å². The van der Waals surface area contributed by atoms with E-state index >= 15 is 0 Å². The second-order valence-electron chi connectivity index (χ2n) is 5.83. The SMILES string of the molecule is COc1cc(/C=N/NC(=O)c2cccnc2Cl)ccc1OCc1ccccc1F. The fourth-order valence-electron chi connectivity index (χ4n) is 2.44. The van der Waals surface area contributed by atoms with Crippen molar-refractivity contribution in [2.24, 2.45) is 5.10 Å². The Labute approximate surface area is 171 Å². The summed E-state index contributed by atoms with van der Waals surface area (Å²) >= 11 is 5.88. The summed E-state index contributed by atoms with van der Waals surface area (Å²) in [6.45, 7) is 0.0679. The number of benzene rings is 2. The highest BCUT2D eigenvalue weighted by molar-refractivity contribution is 6.32. The molecule has 0 aliphatic rings. The largest absolute Gasteiger partial charge is 0.493 e. The number of hydrogen-bond donors (Lipinski definition) is 1. The van der Waals surface area contributed by atoms with Gasteiger partial charge in [0, 0.05) is 11.8 Å².